The average molecular weight is 460 g/mol. The van der Waals surface area contributed by atoms with Gasteiger partial charge in [-0.3, -0.25) is 14.4 Å². The third kappa shape index (κ3) is 5.05. The van der Waals surface area contributed by atoms with E-state index in [9.17, 15) is 14.4 Å². The molecule has 0 bridgehead atoms. The zero-order valence-corrected chi connectivity index (χ0v) is 18.6. The largest absolute Gasteiger partial charge is 0.497 e. The molecule has 3 heterocycles. The minimum atomic E-state index is -0.439. The van der Waals surface area contributed by atoms with Crippen molar-refractivity contribution < 1.29 is 23.9 Å². The average Bonchev–Trinajstić information content (AvgIpc) is 3.35. The van der Waals surface area contributed by atoms with Crippen LogP contribution in [0.1, 0.15) is 32.4 Å². The molecule has 0 unspecified atom stereocenters. The van der Waals surface area contributed by atoms with Crippen molar-refractivity contribution in [2.45, 2.75) is 12.8 Å². The maximum Gasteiger partial charge on any atom is 0.286 e. The van der Waals surface area contributed by atoms with Gasteiger partial charge in [-0.05, 0) is 37.1 Å². The van der Waals surface area contributed by atoms with Crippen LogP contribution in [-0.4, -0.2) is 84.2 Å². The van der Waals surface area contributed by atoms with Gasteiger partial charge in [-0.2, -0.15) is 0 Å². The van der Waals surface area contributed by atoms with Crippen LogP contribution in [0.4, 0.5) is 5.69 Å². The summed E-state index contributed by atoms with van der Waals surface area (Å²) >= 11 is 0.945. The number of hydrogen-bond acceptors (Lipinski definition) is 8. The number of morpholine rings is 1. The van der Waals surface area contributed by atoms with Gasteiger partial charge in [0.2, 0.25) is 15.9 Å². The van der Waals surface area contributed by atoms with E-state index >= 15 is 0 Å². The maximum atomic E-state index is 13.0. The molecule has 2 aliphatic heterocycles. The molecule has 1 aromatic heterocycles. The van der Waals surface area contributed by atoms with E-state index in [1.165, 1.54) is 0 Å². The molecule has 1 atom stereocenters. The highest BCUT2D eigenvalue weighted by molar-refractivity contribution is 7.15. The normalized spacial score (nSPS) is 18.8. The van der Waals surface area contributed by atoms with E-state index < -0.39 is 5.91 Å². The van der Waals surface area contributed by atoms with Gasteiger partial charge in [-0.15, -0.1) is 10.2 Å². The number of anilines is 1. The first-order chi connectivity index (χ1) is 15.5. The number of carbonyl (C=O) groups is 3. The highest BCUT2D eigenvalue weighted by atomic mass is 32.1. The van der Waals surface area contributed by atoms with Gasteiger partial charge in [0.15, 0.2) is 0 Å². The fourth-order valence-electron chi connectivity index (χ4n) is 3.80. The summed E-state index contributed by atoms with van der Waals surface area (Å²) in [6.45, 7) is 3.18. The highest BCUT2D eigenvalue weighted by Gasteiger charge is 2.33. The molecule has 10 nitrogen and oxygen atoms in total. The number of ether oxygens (including phenoxy) is 2. The zero-order valence-electron chi connectivity index (χ0n) is 17.8. The van der Waals surface area contributed by atoms with E-state index in [-0.39, 0.29) is 27.7 Å². The molecule has 0 spiro atoms. The van der Waals surface area contributed by atoms with E-state index in [2.05, 4.69) is 15.5 Å². The minimum Gasteiger partial charge on any atom is -0.497 e. The molecule has 32 heavy (non-hydrogen) atoms. The first kappa shape index (κ1) is 22.2. The van der Waals surface area contributed by atoms with Crippen LogP contribution < -0.4 is 10.1 Å². The number of carbonyl (C=O) groups excluding carboxylic acids is 3. The SMILES string of the molecule is COc1ccc(NC(=O)c2nnc(C(=O)N3CCC[C@@H](C(=O)N4CCOCC4)C3)s2)cc1. The van der Waals surface area contributed by atoms with Crippen LogP contribution in [0.3, 0.4) is 0 Å². The molecule has 1 N–H and O–H groups in total. The van der Waals surface area contributed by atoms with Gasteiger partial charge in [0, 0.05) is 31.9 Å². The first-order valence-electron chi connectivity index (χ1n) is 10.5. The standard InChI is InChI=1S/C21H25N5O5S/c1-30-16-6-4-15(5-7-16)22-17(27)18-23-24-19(32-18)21(29)26-8-2-3-14(13-26)20(28)25-9-11-31-12-10-25/h4-7,14H,2-3,8-13H2,1H3,(H,22,27)/t14-/m1/s1. The molecule has 0 radical (unpaired) electrons. The Labute approximate surface area is 189 Å². The maximum absolute atomic E-state index is 13.0. The predicted molar refractivity (Wildman–Crippen MR) is 117 cm³/mol. The Kier molecular flexibility index (Phi) is 6.96. The van der Waals surface area contributed by atoms with Crippen molar-refractivity contribution in [3.63, 3.8) is 0 Å². The number of likely N-dealkylation sites (tertiary alicyclic amines) is 1. The molecule has 170 valence electrons. The summed E-state index contributed by atoms with van der Waals surface area (Å²) in [7, 11) is 1.57. The summed E-state index contributed by atoms with van der Waals surface area (Å²) in [6, 6.07) is 6.89. The third-order valence-electron chi connectivity index (χ3n) is 5.53. The lowest BCUT2D eigenvalue weighted by molar-refractivity contribution is -0.141. The van der Waals surface area contributed by atoms with Crippen molar-refractivity contribution in [3.8, 4) is 5.75 Å². The minimum absolute atomic E-state index is 0.0719. The second kappa shape index (κ2) is 10.0. The van der Waals surface area contributed by atoms with Crippen molar-refractivity contribution in [1.82, 2.24) is 20.0 Å². The number of amides is 3. The van der Waals surface area contributed by atoms with Crippen molar-refractivity contribution in [1.29, 1.82) is 0 Å². The Morgan fingerprint density at radius 2 is 1.78 bits per heavy atom. The number of aromatic nitrogens is 2. The van der Waals surface area contributed by atoms with Crippen LogP contribution in [-0.2, 0) is 9.53 Å². The summed E-state index contributed by atoms with van der Waals surface area (Å²) in [6.07, 6.45) is 1.50. The van der Waals surface area contributed by atoms with Crippen LogP contribution in [0.25, 0.3) is 0 Å². The Hall–Kier alpha value is -3.05. The number of piperidine rings is 1. The summed E-state index contributed by atoms with van der Waals surface area (Å²) in [5.74, 6) is -0.214. The van der Waals surface area contributed by atoms with Gasteiger partial charge < -0.3 is 24.6 Å². The first-order valence-corrected chi connectivity index (χ1v) is 11.3. The topological polar surface area (TPSA) is 114 Å². The lowest BCUT2D eigenvalue weighted by Crippen LogP contribution is -2.49. The number of hydrogen-bond donors (Lipinski definition) is 1. The molecule has 2 aromatic rings. The molecular weight excluding hydrogens is 434 g/mol. The van der Waals surface area contributed by atoms with Gasteiger partial charge in [0.25, 0.3) is 11.8 Å². The number of nitrogens with zero attached hydrogens (tertiary/aromatic N) is 4. The molecule has 4 rings (SSSR count). The zero-order chi connectivity index (χ0) is 22.5. The fraction of sp³-hybridized carbons (Fsp3) is 0.476. The van der Waals surface area contributed by atoms with Crippen molar-refractivity contribution in [2.24, 2.45) is 5.92 Å². The van der Waals surface area contributed by atoms with Crippen molar-refractivity contribution in [2.75, 3.05) is 51.8 Å². The van der Waals surface area contributed by atoms with E-state index in [0.717, 1.165) is 24.2 Å². The van der Waals surface area contributed by atoms with Crippen molar-refractivity contribution >= 4 is 34.7 Å². The van der Waals surface area contributed by atoms with E-state index in [1.807, 2.05) is 4.90 Å². The van der Waals surface area contributed by atoms with Gasteiger partial charge in [-0.25, -0.2) is 0 Å². The van der Waals surface area contributed by atoms with Gasteiger partial charge in [0.05, 0.1) is 26.2 Å². The van der Waals surface area contributed by atoms with Crippen LogP contribution in [0.15, 0.2) is 24.3 Å². The molecule has 0 saturated carbocycles. The monoisotopic (exact) mass is 459 g/mol. The lowest BCUT2D eigenvalue weighted by atomic mass is 9.96. The second-order valence-electron chi connectivity index (χ2n) is 7.62. The van der Waals surface area contributed by atoms with Gasteiger partial charge in [-0.1, -0.05) is 11.3 Å². The van der Waals surface area contributed by atoms with Crippen LogP contribution in [0, 0.1) is 5.92 Å². The van der Waals surface area contributed by atoms with E-state index in [0.29, 0.717) is 50.8 Å². The van der Waals surface area contributed by atoms with Crippen LogP contribution in [0.2, 0.25) is 0 Å². The molecule has 2 aliphatic rings. The number of nitrogens with one attached hydrogen (secondary N) is 1. The lowest BCUT2D eigenvalue weighted by Gasteiger charge is -2.35. The quantitative estimate of drug-likeness (QED) is 0.721. The van der Waals surface area contributed by atoms with Gasteiger partial charge >= 0.3 is 0 Å². The summed E-state index contributed by atoms with van der Waals surface area (Å²) in [5.41, 5.74) is 0.583. The number of rotatable bonds is 5. The Morgan fingerprint density at radius 3 is 2.50 bits per heavy atom. The summed E-state index contributed by atoms with van der Waals surface area (Å²) in [5, 5.41) is 10.8. The van der Waals surface area contributed by atoms with Crippen molar-refractivity contribution in [3.05, 3.63) is 34.3 Å². The van der Waals surface area contributed by atoms with Crippen LogP contribution in [0.5, 0.6) is 5.75 Å². The molecule has 3 amide bonds. The second-order valence-corrected chi connectivity index (χ2v) is 8.60. The van der Waals surface area contributed by atoms with Crippen LogP contribution >= 0.6 is 11.3 Å². The molecule has 2 saturated heterocycles. The predicted octanol–water partition coefficient (Wildman–Crippen LogP) is 1.51. The molecule has 1 aromatic carbocycles. The fourth-order valence-corrected chi connectivity index (χ4v) is 4.51. The summed E-state index contributed by atoms with van der Waals surface area (Å²) in [4.78, 5) is 41.7. The molecule has 11 heteroatoms. The molecular formula is C21H25N5O5S. The number of methoxy groups -OCH3 is 1. The van der Waals surface area contributed by atoms with Gasteiger partial charge in [0.1, 0.15) is 5.75 Å². The molecule has 0 aliphatic carbocycles. The number of benzene rings is 1. The Balaban J connectivity index is 1.36. The Morgan fingerprint density at radius 1 is 1.06 bits per heavy atom. The van der Waals surface area contributed by atoms with E-state index in [4.69, 9.17) is 9.47 Å². The molecule has 2 fully saturated rings. The third-order valence-corrected chi connectivity index (χ3v) is 6.44. The smallest absolute Gasteiger partial charge is 0.286 e. The van der Waals surface area contributed by atoms with E-state index in [1.54, 1.807) is 36.3 Å². The Bertz CT molecular complexity index is 973. The summed E-state index contributed by atoms with van der Waals surface area (Å²) < 4.78 is 10.4. The highest BCUT2D eigenvalue weighted by Crippen LogP contribution is 2.23.